The highest BCUT2D eigenvalue weighted by atomic mass is 16.6. The van der Waals surface area contributed by atoms with Gasteiger partial charge in [0.05, 0.1) is 0 Å². The zero-order valence-corrected chi connectivity index (χ0v) is 42.0. The first-order valence-electron chi connectivity index (χ1n) is 26.4. The molecule has 0 aliphatic carbocycles. The van der Waals surface area contributed by atoms with Crippen molar-refractivity contribution in [2.75, 3.05) is 13.2 Å². The Bertz CT molecular complexity index is 1360. The molecule has 0 radical (unpaired) electrons. The van der Waals surface area contributed by atoms with Crippen LogP contribution < -0.4 is 0 Å². The SMILES string of the molecule is CC/C=C\C/C=C\C/C=C\C/C=C\C/C=C\C/C=C\CCC(=O)OCC(COC(=O)CCCC/C=C\C/C=C\C/C=C\CC)OC(=O)CCCCCCCCCCCCCCCCCC. The summed E-state index contributed by atoms with van der Waals surface area (Å²) >= 11 is 0. The van der Waals surface area contributed by atoms with Gasteiger partial charge < -0.3 is 14.2 Å². The number of hydrogen-bond acceptors (Lipinski definition) is 6. The predicted octanol–water partition coefficient (Wildman–Crippen LogP) is 17.5. The lowest BCUT2D eigenvalue weighted by molar-refractivity contribution is -0.166. The number of esters is 3. The number of hydrogen-bond donors (Lipinski definition) is 0. The van der Waals surface area contributed by atoms with Gasteiger partial charge in [-0.2, -0.15) is 0 Å². The third kappa shape index (κ3) is 50.9. The first-order chi connectivity index (χ1) is 32.0. The standard InChI is InChI=1S/C59H96O6/c1-4-7-10-13-16-19-22-25-27-29-30-31-33-34-37-40-43-46-49-52-58(61)64-55-56(54-63-57(60)51-48-45-42-39-36-24-21-18-15-12-9-6-3)65-59(62)53-50-47-44-41-38-35-32-28-26-23-20-17-14-11-8-5-2/h7,9-10,12,16,18-19,21,25,27,30-31,34,36-37,39,43,46,56H,4-6,8,11,13-15,17,20,22-24,26,28-29,32-33,35,38,40-42,44-45,47-55H2,1-3H3/b10-7-,12-9-,19-16-,21-18-,27-25-,31-30-,37-34-,39-36-,46-43-. The Morgan fingerprint density at radius 3 is 1.03 bits per heavy atom. The average Bonchev–Trinajstić information content (AvgIpc) is 3.30. The summed E-state index contributed by atoms with van der Waals surface area (Å²) in [5, 5.41) is 0. The Hall–Kier alpha value is -3.93. The van der Waals surface area contributed by atoms with Crippen molar-refractivity contribution >= 4 is 17.9 Å². The normalized spacial score (nSPS) is 13.0. The highest BCUT2D eigenvalue weighted by molar-refractivity contribution is 5.71. The van der Waals surface area contributed by atoms with Crippen molar-refractivity contribution in [1.82, 2.24) is 0 Å². The largest absolute Gasteiger partial charge is 0.462 e. The summed E-state index contributed by atoms with van der Waals surface area (Å²) < 4.78 is 16.7. The van der Waals surface area contributed by atoms with Crippen molar-refractivity contribution in [3.8, 4) is 0 Å². The minimum Gasteiger partial charge on any atom is -0.462 e. The summed E-state index contributed by atoms with van der Waals surface area (Å²) in [5.74, 6) is -1.05. The van der Waals surface area contributed by atoms with Gasteiger partial charge in [-0.05, 0) is 89.9 Å². The summed E-state index contributed by atoms with van der Waals surface area (Å²) in [5.41, 5.74) is 0. The minimum absolute atomic E-state index is 0.121. The van der Waals surface area contributed by atoms with E-state index in [1.165, 1.54) is 83.5 Å². The summed E-state index contributed by atoms with van der Waals surface area (Å²) in [6, 6.07) is 0. The van der Waals surface area contributed by atoms with Gasteiger partial charge in [0.2, 0.25) is 0 Å². The van der Waals surface area contributed by atoms with Gasteiger partial charge in [0, 0.05) is 19.3 Å². The molecule has 0 saturated heterocycles. The van der Waals surface area contributed by atoms with Gasteiger partial charge in [-0.15, -0.1) is 0 Å². The molecule has 0 aromatic heterocycles. The lowest BCUT2D eigenvalue weighted by atomic mass is 10.0. The second-order valence-electron chi connectivity index (χ2n) is 17.0. The fraction of sp³-hybridized carbons (Fsp3) is 0.644. The number of carbonyl (C=O) groups excluding carboxylic acids is 3. The molecule has 0 aliphatic rings. The van der Waals surface area contributed by atoms with Crippen molar-refractivity contribution < 1.29 is 28.6 Å². The number of ether oxygens (including phenoxy) is 3. The van der Waals surface area contributed by atoms with Crippen molar-refractivity contribution in [2.24, 2.45) is 0 Å². The predicted molar refractivity (Wildman–Crippen MR) is 279 cm³/mol. The van der Waals surface area contributed by atoms with Crippen LogP contribution >= 0.6 is 0 Å². The van der Waals surface area contributed by atoms with Crippen molar-refractivity contribution in [1.29, 1.82) is 0 Å². The van der Waals surface area contributed by atoms with Crippen LogP contribution in [0.25, 0.3) is 0 Å². The molecule has 368 valence electrons. The first kappa shape index (κ1) is 61.1. The van der Waals surface area contributed by atoms with E-state index in [4.69, 9.17) is 14.2 Å². The van der Waals surface area contributed by atoms with E-state index >= 15 is 0 Å². The van der Waals surface area contributed by atoms with Gasteiger partial charge in [0.1, 0.15) is 13.2 Å². The van der Waals surface area contributed by atoms with Crippen LogP contribution in [0.15, 0.2) is 109 Å². The van der Waals surface area contributed by atoms with Gasteiger partial charge in [-0.1, -0.05) is 226 Å². The average molecular weight is 901 g/mol. The second kappa shape index (κ2) is 52.7. The Balaban J connectivity index is 4.52. The maximum absolute atomic E-state index is 12.8. The van der Waals surface area contributed by atoms with E-state index in [-0.39, 0.29) is 37.5 Å². The fourth-order valence-corrected chi connectivity index (χ4v) is 6.89. The highest BCUT2D eigenvalue weighted by Gasteiger charge is 2.19. The molecule has 0 N–H and O–H groups in total. The first-order valence-corrected chi connectivity index (χ1v) is 26.4. The summed E-state index contributed by atoms with van der Waals surface area (Å²) in [7, 11) is 0. The zero-order valence-electron chi connectivity index (χ0n) is 42.0. The molecule has 6 nitrogen and oxygen atoms in total. The van der Waals surface area contributed by atoms with Gasteiger partial charge >= 0.3 is 17.9 Å². The Kier molecular flexibility index (Phi) is 49.5. The highest BCUT2D eigenvalue weighted by Crippen LogP contribution is 2.15. The van der Waals surface area contributed by atoms with Crippen molar-refractivity contribution in [3.05, 3.63) is 109 Å². The molecule has 0 aliphatic heterocycles. The topological polar surface area (TPSA) is 78.9 Å². The Labute approximate surface area is 400 Å². The molecule has 0 aromatic carbocycles. The van der Waals surface area contributed by atoms with Gasteiger partial charge in [-0.3, -0.25) is 14.4 Å². The molecule has 0 heterocycles. The summed E-state index contributed by atoms with van der Waals surface area (Å²) in [4.78, 5) is 38.0. The van der Waals surface area contributed by atoms with Crippen molar-refractivity contribution in [3.63, 3.8) is 0 Å². The Morgan fingerprint density at radius 1 is 0.323 bits per heavy atom. The third-order valence-corrected chi connectivity index (χ3v) is 10.8. The summed E-state index contributed by atoms with van der Waals surface area (Å²) in [6.45, 7) is 6.30. The van der Waals surface area contributed by atoms with Crippen LogP contribution in [0.5, 0.6) is 0 Å². The van der Waals surface area contributed by atoms with Crippen LogP contribution in [0.2, 0.25) is 0 Å². The van der Waals surface area contributed by atoms with E-state index in [2.05, 4.69) is 118 Å². The molecule has 0 spiro atoms. The van der Waals surface area contributed by atoms with Crippen LogP contribution in [0.3, 0.4) is 0 Å². The quantitative estimate of drug-likeness (QED) is 0.0262. The van der Waals surface area contributed by atoms with Crippen LogP contribution in [0.4, 0.5) is 0 Å². The molecule has 0 rings (SSSR count). The molecular formula is C59H96O6. The van der Waals surface area contributed by atoms with E-state index in [0.29, 0.717) is 25.7 Å². The molecule has 6 heteroatoms. The maximum atomic E-state index is 12.8. The number of rotatable bonds is 46. The number of allylic oxidation sites excluding steroid dienone is 18. The molecule has 1 atom stereocenters. The van der Waals surface area contributed by atoms with Gasteiger partial charge in [0.25, 0.3) is 0 Å². The van der Waals surface area contributed by atoms with E-state index < -0.39 is 6.10 Å². The summed E-state index contributed by atoms with van der Waals surface area (Å²) in [6.07, 6.45) is 70.9. The van der Waals surface area contributed by atoms with Crippen molar-refractivity contribution in [2.45, 2.75) is 232 Å². The molecule has 0 saturated carbocycles. The second-order valence-corrected chi connectivity index (χ2v) is 17.0. The van der Waals surface area contributed by atoms with Crippen LogP contribution in [-0.4, -0.2) is 37.2 Å². The molecule has 65 heavy (non-hydrogen) atoms. The maximum Gasteiger partial charge on any atom is 0.306 e. The molecule has 0 amide bonds. The Morgan fingerprint density at radius 2 is 0.631 bits per heavy atom. The van der Waals surface area contributed by atoms with Crippen LogP contribution in [-0.2, 0) is 28.6 Å². The number of carbonyl (C=O) groups is 3. The lowest BCUT2D eigenvalue weighted by Crippen LogP contribution is -2.30. The van der Waals surface area contributed by atoms with Gasteiger partial charge in [0.15, 0.2) is 6.10 Å². The molecule has 1 unspecified atom stereocenters. The zero-order chi connectivity index (χ0) is 47.2. The lowest BCUT2D eigenvalue weighted by Gasteiger charge is -2.18. The number of unbranched alkanes of at least 4 members (excludes halogenated alkanes) is 17. The molecule has 0 aromatic rings. The smallest absolute Gasteiger partial charge is 0.306 e. The monoisotopic (exact) mass is 901 g/mol. The van der Waals surface area contributed by atoms with E-state index in [1.54, 1.807) is 0 Å². The van der Waals surface area contributed by atoms with E-state index in [1.807, 2.05) is 12.2 Å². The van der Waals surface area contributed by atoms with E-state index in [9.17, 15) is 14.4 Å². The molecule has 0 bridgehead atoms. The molecular weight excluding hydrogens is 805 g/mol. The van der Waals surface area contributed by atoms with Crippen LogP contribution in [0, 0.1) is 0 Å². The third-order valence-electron chi connectivity index (χ3n) is 10.8. The van der Waals surface area contributed by atoms with Crippen LogP contribution in [0.1, 0.15) is 226 Å². The van der Waals surface area contributed by atoms with Gasteiger partial charge in [-0.25, -0.2) is 0 Å². The minimum atomic E-state index is -0.823. The molecule has 0 fully saturated rings. The fourth-order valence-electron chi connectivity index (χ4n) is 6.89. The van der Waals surface area contributed by atoms with E-state index in [0.717, 1.165) is 89.9 Å².